The Kier molecular flexibility index (Phi) is 7.09. The summed E-state index contributed by atoms with van der Waals surface area (Å²) < 4.78 is 5.40. The monoisotopic (exact) mass is 302 g/mol. The van der Waals surface area contributed by atoms with E-state index in [0.717, 1.165) is 31.7 Å². The Hall–Kier alpha value is -1.01. The average Bonchev–Trinajstić information content (AvgIpc) is 2.45. The SMILES string of the molecule is CCOc1cccc([C@H](CO)N2CCNCC2)c1O.Cl. The second-order valence-corrected chi connectivity index (χ2v) is 4.61. The summed E-state index contributed by atoms with van der Waals surface area (Å²) in [7, 11) is 0. The van der Waals surface area contributed by atoms with E-state index in [1.807, 2.05) is 19.1 Å². The number of piperazine rings is 1. The van der Waals surface area contributed by atoms with Crippen molar-refractivity contribution in [1.82, 2.24) is 10.2 Å². The molecule has 1 aliphatic rings. The predicted octanol–water partition coefficient (Wildman–Crippen LogP) is 1.15. The highest BCUT2D eigenvalue weighted by atomic mass is 35.5. The lowest BCUT2D eigenvalue weighted by Crippen LogP contribution is -2.46. The number of phenolic OH excluding ortho intramolecular Hbond substituents is 1. The molecule has 2 rings (SSSR count). The molecule has 0 aromatic heterocycles. The van der Waals surface area contributed by atoms with E-state index in [4.69, 9.17) is 4.74 Å². The highest BCUT2D eigenvalue weighted by Crippen LogP contribution is 2.36. The molecule has 1 atom stereocenters. The van der Waals surface area contributed by atoms with Gasteiger partial charge in [-0.3, -0.25) is 4.90 Å². The van der Waals surface area contributed by atoms with Crippen molar-refractivity contribution in [1.29, 1.82) is 0 Å². The fourth-order valence-corrected chi connectivity index (χ4v) is 2.48. The first-order valence-electron chi connectivity index (χ1n) is 6.78. The largest absolute Gasteiger partial charge is 0.504 e. The molecular weight excluding hydrogens is 280 g/mol. The number of aromatic hydroxyl groups is 1. The van der Waals surface area contributed by atoms with Gasteiger partial charge in [0, 0.05) is 31.7 Å². The molecule has 114 valence electrons. The molecule has 0 saturated carbocycles. The van der Waals surface area contributed by atoms with Crippen LogP contribution in [0.1, 0.15) is 18.5 Å². The summed E-state index contributed by atoms with van der Waals surface area (Å²) >= 11 is 0. The van der Waals surface area contributed by atoms with Crippen LogP contribution in [-0.2, 0) is 0 Å². The van der Waals surface area contributed by atoms with Crippen LogP contribution in [0.25, 0.3) is 0 Å². The maximum absolute atomic E-state index is 10.3. The zero-order valence-corrected chi connectivity index (χ0v) is 12.5. The lowest BCUT2D eigenvalue weighted by Gasteiger charge is -2.34. The number of rotatable bonds is 5. The van der Waals surface area contributed by atoms with Gasteiger partial charge in [0.2, 0.25) is 0 Å². The van der Waals surface area contributed by atoms with Crippen LogP contribution in [0, 0.1) is 0 Å². The maximum Gasteiger partial charge on any atom is 0.162 e. The molecule has 0 radical (unpaired) electrons. The fraction of sp³-hybridized carbons (Fsp3) is 0.571. The molecular formula is C14H23ClN2O3. The van der Waals surface area contributed by atoms with E-state index in [-0.39, 0.29) is 30.8 Å². The molecule has 1 fully saturated rings. The van der Waals surface area contributed by atoms with Crippen LogP contribution in [0.2, 0.25) is 0 Å². The van der Waals surface area contributed by atoms with E-state index in [2.05, 4.69) is 10.2 Å². The highest BCUT2D eigenvalue weighted by molar-refractivity contribution is 5.85. The van der Waals surface area contributed by atoms with Crippen LogP contribution >= 0.6 is 12.4 Å². The Labute approximate surface area is 126 Å². The number of hydrogen-bond donors (Lipinski definition) is 3. The molecule has 1 aliphatic heterocycles. The number of aliphatic hydroxyl groups excluding tert-OH is 1. The zero-order valence-electron chi connectivity index (χ0n) is 11.7. The number of phenols is 1. The molecule has 0 bridgehead atoms. The van der Waals surface area contributed by atoms with Gasteiger partial charge < -0.3 is 20.3 Å². The lowest BCUT2D eigenvalue weighted by molar-refractivity contribution is 0.108. The van der Waals surface area contributed by atoms with Crippen molar-refractivity contribution >= 4 is 12.4 Å². The quantitative estimate of drug-likeness (QED) is 0.761. The number of benzene rings is 1. The van der Waals surface area contributed by atoms with Crippen molar-refractivity contribution in [3.63, 3.8) is 0 Å². The van der Waals surface area contributed by atoms with Crippen molar-refractivity contribution in [2.45, 2.75) is 13.0 Å². The summed E-state index contributed by atoms with van der Waals surface area (Å²) in [6.45, 7) is 5.92. The van der Waals surface area contributed by atoms with E-state index in [1.54, 1.807) is 6.07 Å². The second kappa shape index (κ2) is 8.32. The average molecular weight is 303 g/mol. The second-order valence-electron chi connectivity index (χ2n) is 4.61. The molecule has 6 heteroatoms. The van der Waals surface area contributed by atoms with E-state index >= 15 is 0 Å². The fourth-order valence-electron chi connectivity index (χ4n) is 2.48. The molecule has 5 nitrogen and oxygen atoms in total. The molecule has 0 aliphatic carbocycles. The molecule has 1 saturated heterocycles. The van der Waals surface area contributed by atoms with Gasteiger partial charge in [0.1, 0.15) is 0 Å². The number of ether oxygens (including phenoxy) is 1. The third kappa shape index (κ3) is 3.76. The molecule has 1 aromatic carbocycles. The Balaban J connectivity index is 0.00000200. The molecule has 20 heavy (non-hydrogen) atoms. The van der Waals surface area contributed by atoms with Crippen LogP contribution in [0.3, 0.4) is 0 Å². The minimum absolute atomic E-state index is 0. The Morgan fingerprint density at radius 3 is 2.65 bits per heavy atom. The minimum Gasteiger partial charge on any atom is -0.504 e. The van der Waals surface area contributed by atoms with Gasteiger partial charge in [-0.05, 0) is 13.0 Å². The number of halogens is 1. The summed E-state index contributed by atoms with van der Waals surface area (Å²) in [4.78, 5) is 2.18. The van der Waals surface area contributed by atoms with Crippen molar-refractivity contribution in [2.24, 2.45) is 0 Å². The number of nitrogens with zero attached hydrogens (tertiary/aromatic N) is 1. The van der Waals surface area contributed by atoms with Crippen molar-refractivity contribution in [3.8, 4) is 11.5 Å². The lowest BCUT2D eigenvalue weighted by atomic mass is 10.0. The Morgan fingerprint density at radius 2 is 2.05 bits per heavy atom. The summed E-state index contributed by atoms with van der Waals surface area (Å²) in [5.74, 6) is 0.621. The molecule has 1 aromatic rings. The van der Waals surface area contributed by atoms with Gasteiger partial charge in [0.05, 0.1) is 19.3 Å². The number of para-hydroxylation sites is 1. The molecule has 0 spiro atoms. The van der Waals surface area contributed by atoms with E-state index in [9.17, 15) is 10.2 Å². The summed E-state index contributed by atoms with van der Waals surface area (Å²) in [5, 5.41) is 23.2. The number of aliphatic hydroxyl groups is 1. The molecule has 3 N–H and O–H groups in total. The summed E-state index contributed by atoms with van der Waals surface area (Å²) in [6, 6.07) is 5.27. The standard InChI is InChI=1S/C14H22N2O3.ClH/c1-2-19-13-5-3-4-11(14(13)18)12(10-17)16-8-6-15-7-9-16;/h3-5,12,15,17-18H,2,6-10H2,1H3;1H/t12-;/m0./s1. The van der Waals surface area contributed by atoms with Crippen LogP contribution in [0.15, 0.2) is 18.2 Å². The first-order chi connectivity index (χ1) is 9.27. The zero-order chi connectivity index (χ0) is 13.7. The topological polar surface area (TPSA) is 65.0 Å². The number of nitrogens with one attached hydrogen (secondary N) is 1. The first-order valence-corrected chi connectivity index (χ1v) is 6.78. The van der Waals surface area contributed by atoms with Gasteiger partial charge in [-0.15, -0.1) is 12.4 Å². The molecule has 1 heterocycles. The predicted molar refractivity (Wildman–Crippen MR) is 80.8 cm³/mol. The van der Waals surface area contributed by atoms with E-state index in [1.165, 1.54) is 0 Å². The Morgan fingerprint density at radius 1 is 1.35 bits per heavy atom. The van der Waals surface area contributed by atoms with Crippen LogP contribution in [0.4, 0.5) is 0 Å². The normalized spacial score (nSPS) is 17.3. The van der Waals surface area contributed by atoms with E-state index < -0.39 is 0 Å². The molecule has 0 amide bonds. The van der Waals surface area contributed by atoms with Crippen LogP contribution in [-0.4, -0.2) is 54.5 Å². The van der Waals surface area contributed by atoms with Gasteiger partial charge >= 0.3 is 0 Å². The summed E-state index contributed by atoms with van der Waals surface area (Å²) in [5.41, 5.74) is 0.732. The van der Waals surface area contributed by atoms with E-state index in [0.29, 0.717) is 12.4 Å². The van der Waals surface area contributed by atoms with Crippen molar-refractivity contribution < 1.29 is 14.9 Å². The van der Waals surface area contributed by atoms with Gasteiger partial charge in [-0.1, -0.05) is 12.1 Å². The third-order valence-electron chi connectivity index (χ3n) is 3.45. The van der Waals surface area contributed by atoms with Gasteiger partial charge in [-0.2, -0.15) is 0 Å². The van der Waals surface area contributed by atoms with Crippen molar-refractivity contribution in [2.75, 3.05) is 39.4 Å². The van der Waals surface area contributed by atoms with Crippen LogP contribution in [0.5, 0.6) is 11.5 Å². The minimum atomic E-state index is -0.178. The van der Waals surface area contributed by atoms with Crippen molar-refractivity contribution in [3.05, 3.63) is 23.8 Å². The van der Waals surface area contributed by atoms with Gasteiger partial charge in [0.25, 0.3) is 0 Å². The maximum atomic E-state index is 10.3. The summed E-state index contributed by atoms with van der Waals surface area (Å²) in [6.07, 6.45) is 0. The van der Waals surface area contributed by atoms with Crippen LogP contribution < -0.4 is 10.1 Å². The highest BCUT2D eigenvalue weighted by Gasteiger charge is 2.24. The first kappa shape index (κ1) is 17.0. The smallest absolute Gasteiger partial charge is 0.162 e. The van der Waals surface area contributed by atoms with Gasteiger partial charge in [-0.25, -0.2) is 0 Å². The van der Waals surface area contributed by atoms with Gasteiger partial charge in [0.15, 0.2) is 11.5 Å². The molecule has 0 unspecified atom stereocenters. The number of hydrogen-bond acceptors (Lipinski definition) is 5. The Bertz CT molecular complexity index is 411. The third-order valence-corrected chi connectivity index (χ3v) is 3.45.